The molecule has 2 N–H and O–H groups in total. The highest BCUT2D eigenvalue weighted by molar-refractivity contribution is 9.10. The van der Waals surface area contributed by atoms with Crippen molar-refractivity contribution in [2.45, 2.75) is 25.1 Å². The van der Waals surface area contributed by atoms with Crippen molar-refractivity contribution in [2.24, 2.45) is 5.73 Å². The summed E-state index contributed by atoms with van der Waals surface area (Å²) in [6.07, 6.45) is 1.71. The number of nitrogens with zero attached hydrogens (tertiary/aromatic N) is 1. The molecule has 0 fully saturated rings. The van der Waals surface area contributed by atoms with E-state index in [1.807, 2.05) is 26.0 Å². The number of halogens is 1. The Bertz CT molecular complexity index is 345. The molecule has 1 heterocycles. The van der Waals surface area contributed by atoms with Crippen LogP contribution in [0.1, 0.15) is 19.5 Å². The lowest BCUT2D eigenvalue weighted by Crippen LogP contribution is -2.38. The Kier molecular flexibility index (Phi) is 4.43. The number of hydrogen-bond acceptors (Lipinski definition) is 3. The minimum absolute atomic E-state index is 0.389. The third kappa shape index (κ3) is 5.39. The van der Waals surface area contributed by atoms with E-state index in [0.29, 0.717) is 11.5 Å². The zero-order chi connectivity index (χ0) is 11.5. The standard InChI is InChI=1S/C10H15BrN2OS/c1-10(2,12)7-15(14)6-9-4-3-8(11)5-13-9/h3-5H,6-7,12H2,1-2H3. The zero-order valence-electron chi connectivity index (χ0n) is 8.87. The van der Waals surface area contributed by atoms with Gasteiger partial charge in [-0.05, 0) is 41.9 Å². The molecular formula is C10H15BrN2OS. The molecule has 1 rings (SSSR count). The van der Waals surface area contributed by atoms with Gasteiger partial charge in [-0.1, -0.05) is 0 Å². The van der Waals surface area contributed by atoms with Gasteiger partial charge in [-0.2, -0.15) is 0 Å². The molecule has 0 amide bonds. The van der Waals surface area contributed by atoms with Crippen LogP contribution in [0.4, 0.5) is 0 Å². The number of aromatic nitrogens is 1. The second-order valence-electron chi connectivity index (χ2n) is 4.18. The third-order valence-corrected chi connectivity index (χ3v) is 3.78. The van der Waals surface area contributed by atoms with Crippen LogP contribution in [-0.2, 0) is 16.6 Å². The fourth-order valence-corrected chi connectivity index (χ4v) is 2.79. The lowest BCUT2D eigenvalue weighted by atomic mass is 10.1. The molecule has 1 unspecified atom stereocenters. The van der Waals surface area contributed by atoms with E-state index in [1.54, 1.807) is 6.20 Å². The third-order valence-electron chi connectivity index (χ3n) is 1.63. The molecule has 0 saturated heterocycles. The summed E-state index contributed by atoms with van der Waals surface area (Å²) < 4.78 is 12.6. The molecule has 5 heteroatoms. The molecule has 1 aromatic rings. The van der Waals surface area contributed by atoms with Gasteiger partial charge in [-0.3, -0.25) is 9.19 Å². The average Bonchev–Trinajstić information content (AvgIpc) is 2.05. The van der Waals surface area contributed by atoms with Gasteiger partial charge in [0.05, 0.1) is 11.4 Å². The van der Waals surface area contributed by atoms with Crippen molar-refractivity contribution in [1.82, 2.24) is 4.98 Å². The van der Waals surface area contributed by atoms with Crippen LogP contribution in [0.2, 0.25) is 0 Å². The van der Waals surface area contributed by atoms with Crippen molar-refractivity contribution in [3.63, 3.8) is 0 Å². The van der Waals surface area contributed by atoms with E-state index in [-0.39, 0.29) is 5.54 Å². The summed E-state index contributed by atoms with van der Waals surface area (Å²) in [5.41, 5.74) is 6.24. The Morgan fingerprint density at radius 2 is 2.20 bits per heavy atom. The quantitative estimate of drug-likeness (QED) is 0.920. The van der Waals surface area contributed by atoms with Crippen LogP contribution in [0.25, 0.3) is 0 Å². The molecule has 0 aliphatic rings. The van der Waals surface area contributed by atoms with Gasteiger partial charge in [0.1, 0.15) is 0 Å². The molecular weight excluding hydrogens is 276 g/mol. The van der Waals surface area contributed by atoms with E-state index in [9.17, 15) is 4.21 Å². The van der Waals surface area contributed by atoms with E-state index >= 15 is 0 Å². The second kappa shape index (κ2) is 5.18. The first-order valence-corrected chi connectivity index (χ1v) is 6.89. The molecule has 0 aromatic carbocycles. The summed E-state index contributed by atoms with van der Waals surface area (Å²) >= 11 is 3.30. The van der Waals surface area contributed by atoms with Gasteiger partial charge in [0.15, 0.2) is 0 Å². The van der Waals surface area contributed by atoms with Crippen LogP contribution < -0.4 is 5.73 Å². The van der Waals surface area contributed by atoms with Crippen molar-refractivity contribution < 1.29 is 4.21 Å². The number of rotatable bonds is 4. The Morgan fingerprint density at radius 1 is 1.53 bits per heavy atom. The van der Waals surface area contributed by atoms with Gasteiger partial charge in [-0.15, -0.1) is 0 Å². The highest BCUT2D eigenvalue weighted by Gasteiger charge is 2.15. The van der Waals surface area contributed by atoms with Gasteiger partial charge in [-0.25, -0.2) is 0 Å². The Labute approximate surface area is 101 Å². The van der Waals surface area contributed by atoms with E-state index in [4.69, 9.17) is 5.73 Å². The van der Waals surface area contributed by atoms with Crippen molar-refractivity contribution in [3.05, 3.63) is 28.5 Å². The number of nitrogens with two attached hydrogens (primary N) is 1. The molecule has 1 atom stereocenters. The monoisotopic (exact) mass is 290 g/mol. The topological polar surface area (TPSA) is 56.0 Å². The highest BCUT2D eigenvalue weighted by atomic mass is 79.9. The van der Waals surface area contributed by atoms with Crippen LogP contribution in [0.15, 0.2) is 22.8 Å². The molecule has 0 aliphatic heterocycles. The molecule has 15 heavy (non-hydrogen) atoms. The molecule has 0 radical (unpaired) electrons. The maximum absolute atomic E-state index is 11.7. The van der Waals surface area contributed by atoms with Gasteiger partial charge in [0.25, 0.3) is 0 Å². The van der Waals surface area contributed by atoms with E-state index in [0.717, 1.165) is 10.2 Å². The van der Waals surface area contributed by atoms with Gasteiger partial charge in [0.2, 0.25) is 0 Å². The number of hydrogen-bond donors (Lipinski definition) is 1. The zero-order valence-corrected chi connectivity index (χ0v) is 11.3. The largest absolute Gasteiger partial charge is 0.325 e. The summed E-state index contributed by atoms with van der Waals surface area (Å²) in [5, 5.41) is 0. The van der Waals surface area contributed by atoms with Gasteiger partial charge < -0.3 is 5.73 Å². The van der Waals surface area contributed by atoms with Crippen molar-refractivity contribution >= 4 is 26.7 Å². The van der Waals surface area contributed by atoms with Crippen LogP contribution >= 0.6 is 15.9 Å². The Morgan fingerprint density at radius 3 is 2.67 bits per heavy atom. The second-order valence-corrected chi connectivity index (χ2v) is 6.56. The maximum Gasteiger partial charge on any atom is 0.0659 e. The predicted molar refractivity (Wildman–Crippen MR) is 66.9 cm³/mol. The Hall–Kier alpha value is -0.260. The normalized spacial score (nSPS) is 13.9. The molecule has 0 bridgehead atoms. The number of pyridine rings is 1. The van der Waals surface area contributed by atoms with Crippen molar-refractivity contribution in [2.75, 3.05) is 5.75 Å². The predicted octanol–water partition coefficient (Wildman–Crippen LogP) is 1.83. The maximum atomic E-state index is 11.7. The molecule has 3 nitrogen and oxygen atoms in total. The van der Waals surface area contributed by atoms with Crippen LogP contribution in [0, 0.1) is 0 Å². The highest BCUT2D eigenvalue weighted by Crippen LogP contribution is 2.10. The summed E-state index contributed by atoms with van der Waals surface area (Å²) in [6, 6.07) is 3.76. The van der Waals surface area contributed by atoms with E-state index in [1.165, 1.54) is 0 Å². The summed E-state index contributed by atoms with van der Waals surface area (Å²) in [4.78, 5) is 4.17. The van der Waals surface area contributed by atoms with E-state index in [2.05, 4.69) is 20.9 Å². The van der Waals surface area contributed by atoms with Crippen LogP contribution in [0.3, 0.4) is 0 Å². The average molecular weight is 291 g/mol. The van der Waals surface area contributed by atoms with Crippen LogP contribution in [-0.4, -0.2) is 20.5 Å². The van der Waals surface area contributed by atoms with Crippen molar-refractivity contribution in [3.8, 4) is 0 Å². The summed E-state index contributed by atoms with van der Waals surface area (Å²) in [7, 11) is -0.950. The summed E-state index contributed by atoms with van der Waals surface area (Å²) in [6.45, 7) is 3.75. The van der Waals surface area contributed by atoms with Gasteiger partial charge in [0, 0.05) is 32.8 Å². The van der Waals surface area contributed by atoms with E-state index < -0.39 is 10.8 Å². The van der Waals surface area contributed by atoms with Crippen molar-refractivity contribution in [1.29, 1.82) is 0 Å². The Balaban J connectivity index is 2.55. The summed E-state index contributed by atoms with van der Waals surface area (Å²) in [5.74, 6) is 0.957. The lowest BCUT2D eigenvalue weighted by molar-refractivity contribution is 0.577. The first kappa shape index (κ1) is 12.8. The molecule has 0 aliphatic carbocycles. The molecule has 0 spiro atoms. The first-order chi connectivity index (χ1) is 6.87. The fourth-order valence-electron chi connectivity index (χ4n) is 1.12. The molecule has 1 aromatic heterocycles. The molecule has 0 saturated carbocycles. The SMILES string of the molecule is CC(C)(N)CS(=O)Cc1ccc(Br)cn1. The smallest absolute Gasteiger partial charge is 0.0659 e. The minimum atomic E-state index is -0.950. The lowest BCUT2D eigenvalue weighted by Gasteiger charge is -2.17. The minimum Gasteiger partial charge on any atom is -0.325 e. The fraction of sp³-hybridized carbons (Fsp3) is 0.500. The molecule has 84 valence electrons. The first-order valence-electron chi connectivity index (χ1n) is 4.61. The van der Waals surface area contributed by atoms with Gasteiger partial charge >= 0.3 is 0 Å². The van der Waals surface area contributed by atoms with Crippen LogP contribution in [0.5, 0.6) is 0 Å².